The number of thiophene rings is 1. The molecule has 1 atom stereocenters. The van der Waals surface area contributed by atoms with Crippen LogP contribution in [-0.4, -0.2) is 21.6 Å². The number of carbonyl (C=O) groups is 2. The lowest BCUT2D eigenvalue weighted by molar-refractivity contribution is 0.0995. The van der Waals surface area contributed by atoms with Crippen molar-refractivity contribution in [2.45, 2.75) is 33.2 Å². The third kappa shape index (κ3) is 3.70. The minimum atomic E-state index is -0.349. The molecule has 0 saturated heterocycles. The van der Waals surface area contributed by atoms with Gasteiger partial charge in [-0.2, -0.15) is 5.10 Å². The van der Waals surface area contributed by atoms with Gasteiger partial charge in [-0.05, 0) is 44.0 Å². The molecule has 2 amide bonds. The van der Waals surface area contributed by atoms with Gasteiger partial charge in [-0.1, -0.05) is 6.92 Å². The summed E-state index contributed by atoms with van der Waals surface area (Å²) < 4.78 is 6.86. The molecule has 2 N–H and O–H groups in total. The summed E-state index contributed by atoms with van der Waals surface area (Å²) in [6.45, 7) is 5.94. The van der Waals surface area contributed by atoms with Crippen molar-refractivity contribution in [2.75, 3.05) is 10.6 Å². The van der Waals surface area contributed by atoms with E-state index in [-0.39, 0.29) is 23.6 Å². The first-order chi connectivity index (χ1) is 12.5. The standard InChI is InChI=1S/C18H20N4O3S/c1-4-12(3)22-14(7-8-19-22)20-18(24)16-11(2)10-15(26-16)21-17(23)13-6-5-9-25-13/h5-10,12H,4H2,1-3H3,(H,20,24)(H,21,23). The van der Waals surface area contributed by atoms with Gasteiger partial charge in [0.2, 0.25) is 0 Å². The number of hydrogen-bond acceptors (Lipinski definition) is 5. The maximum absolute atomic E-state index is 12.7. The lowest BCUT2D eigenvalue weighted by Crippen LogP contribution is -2.17. The van der Waals surface area contributed by atoms with Crippen LogP contribution in [0.3, 0.4) is 0 Å². The number of amides is 2. The van der Waals surface area contributed by atoms with Crippen LogP contribution in [-0.2, 0) is 0 Å². The summed E-state index contributed by atoms with van der Waals surface area (Å²) in [5, 5.41) is 10.5. The lowest BCUT2D eigenvalue weighted by atomic mass is 10.2. The Hall–Kier alpha value is -2.87. The summed E-state index contributed by atoms with van der Waals surface area (Å²) in [5.74, 6) is 0.298. The predicted octanol–water partition coefficient (Wildman–Crippen LogP) is 4.32. The molecule has 3 heterocycles. The number of nitrogens with zero attached hydrogens (tertiary/aromatic N) is 2. The summed E-state index contributed by atoms with van der Waals surface area (Å²) in [7, 11) is 0. The fourth-order valence-electron chi connectivity index (χ4n) is 2.46. The highest BCUT2D eigenvalue weighted by Crippen LogP contribution is 2.28. The molecule has 7 nitrogen and oxygen atoms in total. The molecule has 26 heavy (non-hydrogen) atoms. The molecule has 0 aromatic carbocycles. The van der Waals surface area contributed by atoms with Crippen molar-refractivity contribution in [1.82, 2.24) is 9.78 Å². The van der Waals surface area contributed by atoms with E-state index in [2.05, 4.69) is 22.7 Å². The van der Waals surface area contributed by atoms with E-state index < -0.39 is 0 Å². The highest BCUT2D eigenvalue weighted by atomic mass is 32.1. The fourth-order valence-corrected chi connectivity index (χ4v) is 3.42. The van der Waals surface area contributed by atoms with Gasteiger partial charge >= 0.3 is 0 Å². The van der Waals surface area contributed by atoms with Crippen LogP contribution < -0.4 is 10.6 Å². The molecule has 136 valence electrons. The van der Waals surface area contributed by atoms with Crippen molar-refractivity contribution >= 4 is 34.0 Å². The third-order valence-electron chi connectivity index (χ3n) is 4.03. The number of nitrogens with one attached hydrogen (secondary N) is 2. The quantitative estimate of drug-likeness (QED) is 0.674. The Morgan fingerprint density at radius 2 is 2.12 bits per heavy atom. The van der Waals surface area contributed by atoms with Crippen molar-refractivity contribution < 1.29 is 14.0 Å². The minimum Gasteiger partial charge on any atom is -0.459 e. The number of aromatic nitrogens is 2. The van der Waals surface area contributed by atoms with Crippen molar-refractivity contribution in [3.63, 3.8) is 0 Å². The van der Waals surface area contributed by atoms with Gasteiger partial charge in [0.25, 0.3) is 11.8 Å². The van der Waals surface area contributed by atoms with Crippen LogP contribution in [0.15, 0.2) is 41.1 Å². The number of carbonyl (C=O) groups excluding carboxylic acids is 2. The third-order valence-corrected chi connectivity index (χ3v) is 5.18. The average molecular weight is 372 g/mol. The first-order valence-electron chi connectivity index (χ1n) is 8.29. The van der Waals surface area contributed by atoms with E-state index >= 15 is 0 Å². The normalized spacial score (nSPS) is 12.0. The summed E-state index contributed by atoms with van der Waals surface area (Å²) in [6, 6.07) is 6.96. The summed E-state index contributed by atoms with van der Waals surface area (Å²) in [5.41, 5.74) is 0.789. The number of aryl methyl sites for hydroxylation is 1. The lowest BCUT2D eigenvalue weighted by Gasteiger charge is -2.14. The van der Waals surface area contributed by atoms with E-state index in [1.54, 1.807) is 35.1 Å². The highest BCUT2D eigenvalue weighted by molar-refractivity contribution is 7.18. The zero-order valence-corrected chi connectivity index (χ0v) is 15.6. The molecule has 3 rings (SSSR count). The molecule has 3 aromatic heterocycles. The topological polar surface area (TPSA) is 89.2 Å². The highest BCUT2D eigenvalue weighted by Gasteiger charge is 2.18. The fraction of sp³-hybridized carbons (Fsp3) is 0.278. The van der Waals surface area contributed by atoms with E-state index in [0.29, 0.717) is 15.7 Å². The molecule has 0 aliphatic rings. The second-order valence-electron chi connectivity index (χ2n) is 5.93. The Morgan fingerprint density at radius 1 is 1.31 bits per heavy atom. The molecule has 0 radical (unpaired) electrons. The monoisotopic (exact) mass is 372 g/mol. The number of hydrogen-bond donors (Lipinski definition) is 2. The smallest absolute Gasteiger partial charge is 0.291 e. The largest absolute Gasteiger partial charge is 0.459 e. The van der Waals surface area contributed by atoms with Crippen molar-refractivity contribution in [1.29, 1.82) is 0 Å². The average Bonchev–Trinajstić information content (AvgIpc) is 3.35. The molecule has 3 aromatic rings. The van der Waals surface area contributed by atoms with Crippen LogP contribution in [0.1, 0.15) is 52.1 Å². The van der Waals surface area contributed by atoms with E-state index in [1.807, 2.05) is 13.8 Å². The molecular weight excluding hydrogens is 352 g/mol. The molecule has 0 aliphatic carbocycles. The second-order valence-corrected chi connectivity index (χ2v) is 6.98. The molecule has 0 spiro atoms. The maximum Gasteiger partial charge on any atom is 0.291 e. The zero-order valence-electron chi connectivity index (χ0n) is 14.8. The predicted molar refractivity (Wildman–Crippen MR) is 101 cm³/mol. The first kappa shape index (κ1) is 17.9. The van der Waals surface area contributed by atoms with E-state index in [4.69, 9.17) is 4.42 Å². The van der Waals surface area contributed by atoms with Gasteiger partial charge < -0.3 is 15.1 Å². The Morgan fingerprint density at radius 3 is 2.81 bits per heavy atom. The summed E-state index contributed by atoms with van der Waals surface area (Å²) in [4.78, 5) is 25.3. The van der Waals surface area contributed by atoms with Gasteiger partial charge in [-0.15, -0.1) is 11.3 Å². The number of anilines is 2. The molecule has 0 fully saturated rings. The molecule has 8 heteroatoms. The summed E-state index contributed by atoms with van der Waals surface area (Å²) in [6.07, 6.45) is 4.01. The molecule has 0 aliphatic heterocycles. The van der Waals surface area contributed by atoms with Gasteiger partial charge in [-0.25, -0.2) is 4.68 Å². The van der Waals surface area contributed by atoms with Gasteiger partial charge in [0.1, 0.15) is 5.82 Å². The summed E-state index contributed by atoms with van der Waals surface area (Å²) >= 11 is 1.22. The molecule has 1 unspecified atom stereocenters. The zero-order chi connectivity index (χ0) is 18.7. The van der Waals surface area contributed by atoms with Crippen LogP contribution in [0.5, 0.6) is 0 Å². The van der Waals surface area contributed by atoms with Crippen molar-refractivity contribution in [3.05, 3.63) is 52.9 Å². The number of furan rings is 1. The van der Waals surface area contributed by atoms with Crippen LogP contribution in [0.2, 0.25) is 0 Å². The SMILES string of the molecule is CCC(C)n1nccc1NC(=O)c1sc(NC(=O)c2ccco2)cc1C. The molecule has 0 saturated carbocycles. The number of rotatable bonds is 6. The van der Waals surface area contributed by atoms with Gasteiger partial charge in [0.05, 0.1) is 28.4 Å². The van der Waals surface area contributed by atoms with Gasteiger partial charge in [0.15, 0.2) is 5.76 Å². The second kappa shape index (κ2) is 7.57. The van der Waals surface area contributed by atoms with E-state index in [1.165, 1.54) is 17.6 Å². The molecule has 0 bridgehead atoms. The van der Waals surface area contributed by atoms with Crippen molar-refractivity contribution in [3.8, 4) is 0 Å². The Bertz CT molecular complexity index is 911. The first-order valence-corrected chi connectivity index (χ1v) is 9.11. The Labute approximate surface area is 155 Å². The maximum atomic E-state index is 12.7. The van der Waals surface area contributed by atoms with Crippen LogP contribution in [0.25, 0.3) is 0 Å². The van der Waals surface area contributed by atoms with Crippen molar-refractivity contribution in [2.24, 2.45) is 0 Å². The Balaban J connectivity index is 1.74. The van der Waals surface area contributed by atoms with Crippen LogP contribution in [0.4, 0.5) is 10.8 Å². The minimum absolute atomic E-state index is 0.188. The van der Waals surface area contributed by atoms with E-state index in [9.17, 15) is 9.59 Å². The molecular formula is C18H20N4O3S. The van der Waals surface area contributed by atoms with Crippen LogP contribution in [0, 0.1) is 6.92 Å². The van der Waals surface area contributed by atoms with Gasteiger partial charge in [0, 0.05) is 6.07 Å². The van der Waals surface area contributed by atoms with Crippen LogP contribution >= 0.6 is 11.3 Å². The van der Waals surface area contributed by atoms with E-state index in [0.717, 1.165) is 12.0 Å². The Kier molecular flexibility index (Phi) is 5.22. The van der Waals surface area contributed by atoms with Gasteiger partial charge in [-0.3, -0.25) is 9.59 Å².